The minimum Gasteiger partial charge on any atom is -0.494 e. The van der Waals surface area contributed by atoms with Crippen LogP contribution >= 0.6 is 0 Å². The van der Waals surface area contributed by atoms with Gasteiger partial charge in [-0.3, -0.25) is 4.79 Å². The summed E-state index contributed by atoms with van der Waals surface area (Å²) in [6, 6.07) is 7.44. The molecule has 0 bridgehead atoms. The van der Waals surface area contributed by atoms with Gasteiger partial charge in [-0.15, -0.1) is 0 Å². The summed E-state index contributed by atoms with van der Waals surface area (Å²) in [5.74, 6) is 2.83. The van der Waals surface area contributed by atoms with Gasteiger partial charge in [0.25, 0.3) is 0 Å². The maximum Gasteiger partial charge on any atom is 0.324 e. The van der Waals surface area contributed by atoms with E-state index >= 15 is 0 Å². The fourth-order valence-corrected chi connectivity index (χ4v) is 5.41. The molecule has 1 amide bonds. The number of piperidine rings is 1. The van der Waals surface area contributed by atoms with Crippen LogP contribution in [0, 0.1) is 30.1 Å². The molecule has 4 rings (SSSR count). The highest BCUT2D eigenvalue weighted by Gasteiger charge is 2.33. The molecule has 2 aliphatic heterocycles. The van der Waals surface area contributed by atoms with Crippen LogP contribution in [-0.2, 0) is 4.79 Å². The van der Waals surface area contributed by atoms with Crippen LogP contribution in [0.2, 0.25) is 0 Å². The van der Waals surface area contributed by atoms with Crippen molar-refractivity contribution >= 4 is 11.9 Å². The SMILES string of the molecule is Cc1cc(OCCC(C)C2CCN(c3nc(C(C)C)no3)CC2)ccc1C(N)C(=O)N1CCCC1C#N. The van der Waals surface area contributed by atoms with Crippen LogP contribution < -0.4 is 15.4 Å². The molecule has 9 heteroatoms. The van der Waals surface area contributed by atoms with Gasteiger partial charge in [0.2, 0.25) is 5.91 Å². The second-order valence-electron chi connectivity index (χ2n) is 10.8. The second-order valence-corrected chi connectivity index (χ2v) is 10.8. The highest BCUT2D eigenvalue weighted by molar-refractivity contribution is 5.84. The van der Waals surface area contributed by atoms with Gasteiger partial charge < -0.3 is 24.8 Å². The van der Waals surface area contributed by atoms with Crippen LogP contribution in [0.3, 0.4) is 0 Å². The standard InChI is InChI=1S/C28H40N6O3/c1-18(2)26-31-28(37-32-26)33-13-9-21(10-14-33)19(3)11-15-36-23-7-8-24(20(4)16-23)25(30)27(35)34-12-5-6-22(34)17-29/h7-8,16,18-19,21-22,25H,5-6,9-15,30H2,1-4H3. The van der Waals surface area contributed by atoms with Crippen molar-refractivity contribution in [3.8, 4) is 11.8 Å². The molecule has 37 heavy (non-hydrogen) atoms. The number of nitrogens with two attached hydrogens (primary N) is 1. The molecule has 3 heterocycles. The zero-order chi connectivity index (χ0) is 26.5. The van der Waals surface area contributed by atoms with Crippen LogP contribution in [0.25, 0.3) is 0 Å². The van der Waals surface area contributed by atoms with Crippen LogP contribution in [-0.4, -0.2) is 53.2 Å². The Hall–Kier alpha value is -3.12. The third-order valence-electron chi connectivity index (χ3n) is 7.93. The lowest BCUT2D eigenvalue weighted by Gasteiger charge is -2.33. The number of likely N-dealkylation sites (tertiary alicyclic amines) is 1. The maximum absolute atomic E-state index is 12.9. The van der Waals surface area contributed by atoms with Crippen LogP contribution in [0.1, 0.15) is 81.8 Å². The maximum atomic E-state index is 12.9. The van der Waals surface area contributed by atoms with E-state index in [9.17, 15) is 10.1 Å². The monoisotopic (exact) mass is 508 g/mol. The first-order chi connectivity index (χ1) is 17.8. The summed E-state index contributed by atoms with van der Waals surface area (Å²) >= 11 is 0. The smallest absolute Gasteiger partial charge is 0.324 e. The van der Waals surface area contributed by atoms with Crippen LogP contribution in [0.4, 0.5) is 6.01 Å². The van der Waals surface area contributed by atoms with E-state index in [2.05, 4.69) is 41.9 Å². The molecule has 2 fully saturated rings. The van der Waals surface area contributed by atoms with E-state index in [1.54, 1.807) is 4.90 Å². The third-order valence-corrected chi connectivity index (χ3v) is 7.93. The first kappa shape index (κ1) is 26.9. The Kier molecular flexibility index (Phi) is 8.70. The Labute approximate surface area is 219 Å². The predicted molar refractivity (Wildman–Crippen MR) is 141 cm³/mol. The fourth-order valence-electron chi connectivity index (χ4n) is 5.41. The van der Waals surface area contributed by atoms with Crippen molar-refractivity contribution in [3.63, 3.8) is 0 Å². The van der Waals surface area contributed by atoms with Gasteiger partial charge in [-0.05, 0) is 74.1 Å². The number of benzene rings is 1. The van der Waals surface area contributed by atoms with Crippen molar-refractivity contribution in [2.45, 2.75) is 77.8 Å². The Morgan fingerprint density at radius 3 is 2.65 bits per heavy atom. The van der Waals surface area contributed by atoms with Gasteiger partial charge in [-0.25, -0.2) is 0 Å². The summed E-state index contributed by atoms with van der Waals surface area (Å²) in [7, 11) is 0. The molecule has 0 saturated carbocycles. The number of rotatable bonds is 9. The summed E-state index contributed by atoms with van der Waals surface area (Å²) in [4.78, 5) is 21.2. The number of hydrogen-bond acceptors (Lipinski definition) is 8. The average Bonchev–Trinajstić information content (AvgIpc) is 3.58. The zero-order valence-corrected chi connectivity index (χ0v) is 22.5. The van der Waals surface area contributed by atoms with E-state index in [4.69, 9.17) is 15.0 Å². The van der Waals surface area contributed by atoms with Crippen molar-refractivity contribution < 1.29 is 14.1 Å². The van der Waals surface area contributed by atoms with Gasteiger partial charge in [0, 0.05) is 25.6 Å². The number of hydrogen-bond donors (Lipinski definition) is 1. The first-order valence-electron chi connectivity index (χ1n) is 13.6. The van der Waals surface area contributed by atoms with Crippen molar-refractivity contribution in [1.29, 1.82) is 5.26 Å². The average molecular weight is 509 g/mol. The van der Waals surface area contributed by atoms with Gasteiger partial charge >= 0.3 is 6.01 Å². The largest absolute Gasteiger partial charge is 0.494 e. The van der Waals surface area contributed by atoms with E-state index in [1.807, 2.05) is 25.1 Å². The van der Waals surface area contributed by atoms with Gasteiger partial charge in [0.05, 0.1) is 12.7 Å². The normalized spacial score (nSPS) is 20.2. The molecule has 0 spiro atoms. The molecule has 2 aromatic rings. The topological polar surface area (TPSA) is 122 Å². The summed E-state index contributed by atoms with van der Waals surface area (Å²) in [5, 5.41) is 13.4. The minimum absolute atomic E-state index is 0.180. The van der Waals surface area contributed by atoms with Gasteiger partial charge in [-0.1, -0.05) is 32.0 Å². The number of anilines is 1. The molecule has 3 unspecified atom stereocenters. The third kappa shape index (κ3) is 6.24. The van der Waals surface area contributed by atoms with Crippen LogP contribution in [0.5, 0.6) is 5.75 Å². The predicted octanol–water partition coefficient (Wildman–Crippen LogP) is 4.34. The molecule has 1 aromatic carbocycles. The molecular formula is C28H40N6O3. The zero-order valence-electron chi connectivity index (χ0n) is 22.5. The summed E-state index contributed by atoms with van der Waals surface area (Å²) in [6.07, 6.45) is 4.74. The Bertz CT molecular complexity index is 1100. The summed E-state index contributed by atoms with van der Waals surface area (Å²) in [6.45, 7) is 11.5. The van der Waals surface area contributed by atoms with E-state index in [-0.39, 0.29) is 17.9 Å². The van der Waals surface area contributed by atoms with E-state index < -0.39 is 6.04 Å². The number of aryl methyl sites for hydroxylation is 1. The van der Waals surface area contributed by atoms with Crippen molar-refractivity contribution in [2.75, 3.05) is 31.1 Å². The lowest BCUT2D eigenvalue weighted by atomic mass is 9.84. The molecule has 200 valence electrons. The molecule has 9 nitrogen and oxygen atoms in total. The molecule has 0 radical (unpaired) electrons. The molecular weight excluding hydrogens is 468 g/mol. The number of ether oxygens (including phenoxy) is 1. The molecule has 2 N–H and O–H groups in total. The van der Waals surface area contributed by atoms with Gasteiger partial charge in [-0.2, -0.15) is 10.2 Å². The number of nitriles is 1. The highest BCUT2D eigenvalue weighted by atomic mass is 16.5. The van der Waals surface area contributed by atoms with Gasteiger partial charge in [0.15, 0.2) is 5.82 Å². The molecule has 2 saturated heterocycles. The highest BCUT2D eigenvalue weighted by Crippen LogP contribution is 2.30. The van der Waals surface area contributed by atoms with Gasteiger partial charge in [0.1, 0.15) is 17.8 Å². The Balaban J connectivity index is 1.23. The molecule has 0 aliphatic carbocycles. The van der Waals surface area contributed by atoms with E-state index in [0.717, 1.165) is 67.9 Å². The summed E-state index contributed by atoms with van der Waals surface area (Å²) in [5.41, 5.74) is 8.02. The minimum atomic E-state index is -0.766. The fraction of sp³-hybridized carbons (Fsp3) is 0.643. The lowest BCUT2D eigenvalue weighted by molar-refractivity contribution is -0.132. The second kappa shape index (κ2) is 12.0. The summed E-state index contributed by atoms with van der Waals surface area (Å²) < 4.78 is 11.5. The quantitative estimate of drug-likeness (QED) is 0.531. The molecule has 2 aliphatic rings. The number of carbonyl (C=O) groups is 1. The molecule has 1 aromatic heterocycles. The number of aromatic nitrogens is 2. The Morgan fingerprint density at radius 1 is 1.24 bits per heavy atom. The van der Waals surface area contributed by atoms with Crippen LogP contribution in [0.15, 0.2) is 22.7 Å². The van der Waals surface area contributed by atoms with Crippen molar-refractivity contribution in [3.05, 3.63) is 35.2 Å². The number of amides is 1. The molecule has 3 atom stereocenters. The lowest BCUT2D eigenvalue weighted by Crippen LogP contribution is -2.41. The van der Waals surface area contributed by atoms with E-state index in [0.29, 0.717) is 31.0 Å². The van der Waals surface area contributed by atoms with Crippen molar-refractivity contribution in [1.82, 2.24) is 15.0 Å². The first-order valence-corrected chi connectivity index (χ1v) is 13.6. The number of nitrogens with zero attached hydrogens (tertiary/aromatic N) is 5. The van der Waals surface area contributed by atoms with Crippen molar-refractivity contribution in [2.24, 2.45) is 17.6 Å². The number of carbonyl (C=O) groups excluding carboxylic acids is 1. The van der Waals surface area contributed by atoms with E-state index in [1.165, 1.54) is 0 Å². The Morgan fingerprint density at radius 2 is 2.00 bits per heavy atom.